The van der Waals surface area contributed by atoms with Gasteiger partial charge in [0, 0.05) is 6.42 Å². The average molecular weight is 267 g/mol. The fourth-order valence-corrected chi connectivity index (χ4v) is 2.40. The molecule has 20 heavy (non-hydrogen) atoms. The maximum absolute atomic E-state index is 12.4. The third kappa shape index (κ3) is 2.52. The summed E-state index contributed by atoms with van der Waals surface area (Å²) in [7, 11) is 0. The predicted octanol–water partition coefficient (Wildman–Crippen LogP) is 2.98. The van der Waals surface area contributed by atoms with E-state index in [9.17, 15) is 4.79 Å². The molecule has 0 fully saturated rings. The Hall–Kier alpha value is -2.29. The minimum Gasteiger partial charge on any atom is -0.479 e. The highest BCUT2D eigenvalue weighted by atomic mass is 16.5. The van der Waals surface area contributed by atoms with E-state index in [-0.39, 0.29) is 5.78 Å². The van der Waals surface area contributed by atoms with Crippen LogP contribution in [-0.2, 0) is 11.2 Å². The highest BCUT2D eigenvalue weighted by molar-refractivity contribution is 5.87. The number of fused-ring (bicyclic) bond motifs is 1. The molecule has 1 aliphatic heterocycles. The number of Topliss-reactive ketones (excluding diaryl/α,β-unsaturated/α-hetero) is 1. The Balaban J connectivity index is 1.72. The van der Waals surface area contributed by atoms with Gasteiger partial charge in [-0.3, -0.25) is 4.79 Å². The van der Waals surface area contributed by atoms with Gasteiger partial charge in [0.15, 0.2) is 11.9 Å². The Kier molecular flexibility index (Phi) is 3.42. The first kappa shape index (κ1) is 12.7. The molecule has 1 heterocycles. The molecule has 0 amide bonds. The molecule has 1 aliphatic rings. The fraction of sp³-hybridized carbons (Fsp3) is 0.235. The van der Waals surface area contributed by atoms with Crippen molar-refractivity contribution >= 4 is 11.5 Å². The Morgan fingerprint density at radius 1 is 1.20 bits per heavy atom. The minimum atomic E-state index is -0.412. The average Bonchev–Trinajstić information content (AvgIpc) is 2.49. The number of rotatable bonds is 3. The molecule has 0 bridgehead atoms. The first-order chi connectivity index (χ1) is 9.74. The molecule has 0 saturated carbocycles. The van der Waals surface area contributed by atoms with Crippen LogP contribution in [0.1, 0.15) is 11.1 Å². The molecule has 0 spiro atoms. The lowest BCUT2D eigenvalue weighted by Gasteiger charge is -2.26. The van der Waals surface area contributed by atoms with E-state index < -0.39 is 6.10 Å². The summed E-state index contributed by atoms with van der Waals surface area (Å²) < 4.78 is 5.79. The molecule has 3 heteroatoms. The van der Waals surface area contributed by atoms with Crippen LogP contribution in [0.4, 0.5) is 5.69 Å². The molecule has 102 valence electrons. The van der Waals surface area contributed by atoms with E-state index in [0.29, 0.717) is 13.0 Å². The number of hydrogen-bond acceptors (Lipinski definition) is 3. The number of anilines is 1. The van der Waals surface area contributed by atoms with E-state index in [0.717, 1.165) is 22.6 Å². The summed E-state index contributed by atoms with van der Waals surface area (Å²) in [5.41, 5.74) is 3.16. The van der Waals surface area contributed by atoms with Gasteiger partial charge in [-0.05, 0) is 30.2 Å². The highest BCUT2D eigenvalue weighted by Crippen LogP contribution is 2.28. The van der Waals surface area contributed by atoms with Crippen LogP contribution in [0.5, 0.6) is 5.75 Å². The van der Waals surface area contributed by atoms with Gasteiger partial charge >= 0.3 is 0 Å². The van der Waals surface area contributed by atoms with Gasteiger partial charge in [0.25, 0.3) is 0 Å². The summed E-state index contributed by atoms with van der Waals surface area (Å²) in [5, 5.41) is 3.25. The number of aryl methyl sites for hydroxylation is 1. The van der Waals surface area contributed by atoms with Crippen LogP contribution < -0.4 is 10.1 Å². The maximum atomic E-state index is 12.4. The first-order valence-corrected chi connectivity index (χ1v) is 6.81. The molecule has 0 saturated heterocycles. The number of carbonyl (C=O) groups is 1. The molecule has 1 atom stereocenters. The number of hydrogen-bond donors (Lipinski definition) is 1. The van der Waals surface area contributed by atoms with Crippen molar-refractivity contribution in [3.8, 4) is 5.75 Å². The number of ether oxygens (including phenoxy) is 1. The number of ketones is 1. The van der Waals surface area contributed by atoms with Crippen molar-refractivity contribution in [2.45, 2.75) is 19.4 Å². The van der Waals surface area contributed by atoms with Gasteiger partial charge in [0.05, 0.1) is 12.2 Å². The van der Waals surface area contributed by atoms with E-state index in [1.165, 1.54) is 0 Å². The number of nitrogens with one attached hydrogen (secondary N) is 1. The van der Waals surface area contributed by atoms with Gasteiger partial charge in [0.1, 0.15) is 5.75 Å². The second kappa shape index (κ2) is 5.37. The van der Waals surface area contributed by atoms with Crippen molar-refractivity contribution in [2.24, 2.45) is 0 Å². The van der Waals surface area contributed by atoms with E-state index in [1.54, 1.807) is 0 Å². The number of carbonyl (C=O) groups excluding carboxylic acids is 1. The summed E-state index contributed by atoms with van der Waals surface area (Å²) >= 11 is 0. The monoisotopic (exact) mass is 267 g/mol. The van der Waals surface area contributed by atoms with E-state index in [4.69, 9.17) is 4.74 Å². The van der Waals surface area contributed by atoms with Crippen molar-refractivity contribution in [2.75, 3.05) is 11.9 Å². The maximum Gasteiger partial charge on any atom is 0.179 e. The van der Waals surface area contributed by atoms with Gasteiger partial charge in [-0.1, -0.05) is 36.4 Å². The molecule has 3 nitrogen and oxygen atoms in total. The van der Waals surface area contributed by atoms with Crippen LogP contribution in [0.15, 0.2) is 48.5 Å². The Morgan fingerprint density at radius 3 is 2.80 bits per heavy atom. The quantitative estimate of drug-likeness (QED) is 0.929. The van der Waals surface area contributed by atoms with Gasteiger partial charge in [0.2, 0.25) is 0 Å². The van der Waals surface area contributed by atoms with E-state index in [2.05, 4.69) is 5.32 Å². The number of benzene rings is 2. The van der Waals surface area contributed by atoms with Crippen molar-refractivity contribution in [3.05, 3.63) is 59.7 Å². The lowest BCUT2D eigenvalue weighted by molar-refractivity contribution is -0.124. The normalized spacial score (nSPS) is 16.8. The molecule has 1 N–H and O–H groups in total. The first-order valence-electron chi connectivity index (χ1n) is 6.81. The fourth-order valence-electron chi connectivity index (χ4n) is 2.40. The molecular weight excluding hydrogens is 250 g/mol. The van der Waals surface area contributed by atoms with Crippen molar-refractivity contribution < 1.29 is 9.53 Å². The zero-order valence-corrected chi connectivity index (χ0v) is 11.4. The highest BCUT2D eigenvalue weighted by Gasteiger charge is 2.25. The summed E-state index contributed by atoms with van der Waals surface area (Å²) in [4.78, 5) is 12.4. The zero-order chi connectivity index (χ0) is 13.9. The molecule has 3 rings (SSSR count). The molecule has 0 aromatic heterocycles. The zero-order valence-electron chi connectivity index (χ0n) is 11.4. The Bertz CT molecular complexity index is 636. The second-order valence-electron chi connectivity index (χ2n) is 5.05. The third-order valence-electron chi connectivity index (χ3n) is 3.62. The lowest BCUT2D eigenvalue weighted by atomic mass is 10.0. The topological polar surface area (TPSA) is 38.3 Å². The van der Waals surface area contributed by atoms with Crippen LogP contribution in [0, 0.1) is 6.92 Å². The molecular formula is C17H17NO2. The molecule has 2 aromatic rings. The summed E-state index contributed by atoms with van der Waals surface area (Å²) in [5.74, 6) is 0.864. The van der Waals surface area contributed by atoms with Gasteiger partial charge in [-0.15, -0.1) is 0 Å². The van der Waals surface area contributed by atoms with Crippen molar-refractivity contribution in [1.29, 1.82) is 0 Å². The summed E-state index contributed by atoms with van der Waals surface area (Å²) in [6.45, 7) is 2.56. The minimum absolute atomic E-state index is 0.112. The Morgan fingerprint density at radius 2 is 1.95 bits per heavy atom. The number of para-hydroxylation sites is 2. The summed E-state index contributed by atoms with van der Waals surface area (Å²) in [6.07, 6.45) is 0.00535. The van der Waals surface area contributed by atoms with E-state index in [1.807, 2.05) is 55.5 Å². The molecule has 2 aromatic carbocycles. The van der Waals surface area contributed by atoms with Gasteiger partial charge in [-0.25, -0.2) is 0 Å². The van der Waals surface area contributed by atoms with Crippen LogP contribution in [0.25, 0.3) is 0 Å². The van der Waals surface area contributed by atoms with Crippen LogP contribution >= 0.6 is 0 Å². The largest absolute Gasteiger partial charge is 0.479 e. The molecule has 1 unspecified atom stereocenters. The predicted molar refractivity (Wildman–Crippen MR) is 79.2 cm³/mol. The van der Waals surface area contributed by atoms with Crippen LogP contribution in [-0.4, -0.2) is 18.4 Å². The van der Waals surface area contributed by atoms with Crippen molar-refractivity contribution in [3.63, 3.8) is 0 Å². The molecule has 0 radical (unpaired) electrons. The van der Waals surface area contributed by atoms with Gasteiger partial charge in [-0.2, -0.15) is 0 Å². The lowest BCUT2D eigenvalue weighted by Crippen LogP contribution is -2.38. The Labute approximate surface area is 118 Å². The van der Waals surface area contributed by atoms with Crippen LogP contribution in [0.2, 0.25) is 0 Å². The van der Waals surface area contributed by atoms with E-state index >= 15 is 0 Å². The van der Waals surface area contributed by atoms with Crippen LogP contribution in [0.3, 0.4) is 0 Å². The SMILES string of the molecule is Cc1ccccc1CC(=O)C1CNc2ccccc2O1. The third-order valence-corrected chi connectivity index (χ3v) is 3.62. The van der Waals surface area contributed by atoms with Crippen molar-refractivity contribution in [1.82, 2.24) is 0 Å². The van der Waals surface area contributed by atoms with Gasteiger partial charge < -0.3 is 10.1 Å². The standard InChI is InChI=1S/C17H17NO2/c1-12-6-2-3-7-13(12)10-15(19)17-11-18-14-8-4-5-9-16(14)20-17/h2-9,17-18H,10-11H2,1H3. The molecule has 0 aliphatic carbocycles. The smallest absolute Gasteiger partial charge is 0.179 e. The summed E-state index contributed by atoms with van der Waals surface area (Å²) in [6, 6.07) is 15.7. The second-order valence-corrected chi connectivity index (χ2v) is 5.05.